The molecule has 0 spiro atoms. The molecule has 0 radical (unpaired) electrons. The van der Waals surface area contributed by atoms with Crippen LogP contribution >= 0.6 is 0 Å². The van der Waals surface area contributed by atoms with Gasteiger partial charge in [0.25, 0.3) is 11.5 Å². The van der Waals surface area contributed by atoms with Crippen molar-refractivity contribution >= 4 is 5.57 Å². The van der Waals surface area contributed by atoms with Crippen molar-refractivity contribution < 1.29 is 18.3 Å². The number of aromatic amines is 1. The van der Waals surface area contributed by atoms with Crippen LogP contribution in [-0.2, 0) is 0 Å². The SMILES string of the molecule is CC1=C(F)C(N2CC(CO)C(F)(F)C2)C(C)c2c1c(=O)[nH]c(=O)n2C1CC1. The van der Waals surface area contributed by atoms with Gasteiger partial charge in [-0.15, -0.1) is 0 Å². The average molecular weight is 385 g/mol. The van der Waals surface area contributed by atoms with Gasteiger partial charge in [0.05, 0.1) is 30.7 Å². The first kappa shape index (κ1) is 18.5. The minimum atomic E-state index is -3.12. The van der Waals surface area contributed by atoms with Crippen LogP contribution in [0.15, 0.2) is 15.4 Å². The zero-order valence-corrected chi connectivity index (χ0v) is 15.1. The molecule has 148 valence electrons. The zero-order valence-electron chi connectivity index (χ0n) is 15.1. The quantitative estimate of drug-likeness (QED) is 0.829. The topological polar surface area (TPSA) is 78.3 Å². The zero-order chi connectivity index (χ0) is 19.7. The summed E-state index contributed by atoms with van der Waals surface area (Å²) in [5.74, 6) is -5.65. The summed E-state index contributed by atoms with van der Waals surface area (Å²) >= 11 is 0. The Morgan fingerprint density at radius 2 is 1.96 bits per heavy atom. The van der Waals surface area contributed by atoms with Gasteiger partial charge in [-0.2, -0.15) is 0 Å². The van der Waals surface area contributed by atoms with E-state index in [0.29, 0.717) is 5.69 Å². The maximum atomic E-state index is 15.2. The lowest BCUT2D eigenvalue weighted by atomic mass is 9.83. The number of fused-ring (bicyclic) bond motifs is 1. The molecule has 1 aliphatic heterocycles. The van der Waals surface area contributed by atoms with Crippen molar-refractivity contribution in [1.82, 2.24) is 14.5 Å². The van der Waals surface area contributed by atoms with E-state index in [4.69, 9.17) is 0 Å². The highest BCUT2D eigenvalue weighted by Gasteiger charge is 2.52. The molecule has 1 aromatic rings. The van der Waals surface area contributed by atoms with Crippen LogP contribution < -0.4 is 11.2 Å². The molecule has 9 heteroatoms. The summed E-state index contributed by atoms with van der Waals surface area (Å²) in [4.78, 5) is 28.3. The summed E-state index contributed by atoms with van der Waals surface area (Å²) in [6.45, 7) is 1.61. The summed E-state index contributed by atoms with van der Waals surface area (Å²) in [5.41, 5.74) is -0.551. The van der Waals surface area contributed by atoms with Gasteiger partial charge in [-0.3, -0.25) is 19.2 Å². The normalized spacial score (nSPS) is 30.7. The molecule has 2 heterocycles. The minimum absolute atomic E-state index is 0.0506. The van der Waals surface area contributed by atoms with E-state index < -0.39 is 54.0 Å². The van der Waals surface area contributed by atoms with Gasteiger partial charge in [-0.1, -0.05) is 6.92 Å². The third-order valence-corrected chi connectivity index (χ3v) is 6.07. The average Bonchev–Trinajstić information content (AvgIpc) is 3.36. The number of aromatic nitrogens is 2. The van der Waals surface area contributed by atoms with E-state index in [2.05, 4.69) is 4.98 Å². The number of hydrogen-bond acceptors (Lipinski definition) is 4. The van der Waals surface area contributed by atoms with Gasteiger partial charge in [0.1, 0.15) is 5.83 Å². The van der Waals surface area contributed by atoms with Gasteiger partial charge < -0.3 is 5.11 Å². The number of H-pyrrole nitrogens is 1. The van der Waals surface area contributed by atoms with Gasteiger partial charge in [0.15, 0.2) is 0 Å². The monoisotopic (exact) mass is 385 g/mol. The number of hydrogen-bond donors (Lipinski definition) is 2. The summed E-state index contributed by atoms with van der Waals surface area (Å²) in [7, 11) is 0. The van der Waals surface area contributed by atoms with Gasteiger partial charge in [-0.25, -0.2) is 18.0 Å². The lowest BCUT2D eigenvalue weighted by molar-refractivity contribution is -0.0445. The highest BCUT2D eigenvalue weighted by Crippen LogP contribution is 2.46. The lowest BCUT2D eigenvalue weighted by Crippen LogP contribution is -2.46. The standard InChI is InChI=1S/C18H22F3N3O3/c1-8-12-14(24(11-3-4-11)17(27)22-16(12)26)9(2)15(13(8)19)23-5-10(6-25)18(20,21)7-23/h9-11,15,25H,3-7H2,1-2H3,(H,22,26,27). The molecule has 3 atom stereocenters. The molecule has 4 rings (SSSR count). The van der Waals surface area contributed by atoms with Crippen LogP contribution in [0, 0.1) is 5.92 Å². The molecule has 2 aliphatic carbocycles. The van der Waals surface area contributed by atoms with Crippen LogP contribution in [0.25, 0.3) is 5.57 Å². The Bertz CT molecular complexity index is 932. The van der Waals surface area contributed by atoms with E-state index in [-0.39, 0.29) is 23.7 Å². The summed E-state index contributed by atoms with van der Waals surface area (Å²) in [5, 5.41) is 9.25. The molecule has 27 heavy (non-hydrogen) atoms. The molecule has 6 nitrogen and oxygen atoms in total. The number of halogens is 3. The number of aliphatic hydroxyl groups is 1. The Labute approximate surface area is 153 Å². The van der Waals surface area contributed by atoms with E-state index in [9.17, 15) is 23.5 Å². The maximum absolute atomic E-state index is 15.2. The molecule has 3 unspecified atom stereocenters. The number of aliphatic hydroxyl groups excluding tert-OH is 1. The van der Waals surface area contributed by atoms with E-state index in [1.165, 1.54) is 16.4 Å². The van der Waals surface area contributed by atoms with Crippen LogP contribution in [-0.4, -0.2) is 51.2 Å². The van der Waals surface area contributed by atoms with Gasteiger partial charge >= 0.3 is 5.69 Å². The van der Waals surface area contributed by atoms with Gasteiger partial charge in [0.2, 0.25) is 0 Å². The predicted molar refractivity (Wildman–Crippen MR) is 92.6 cm³/mol. The van der Waals surface area contributed by atoms with Crippen molar-refractivity contribution in [2.75, 3.05) is 19.7 Å². The van der Waals surface area contributed by atoms with Crippen molar-refractivity contribution in [3.8, 4) is 0 Å². The third kappa shape index (κ3) is 2.70. The van der Waals surface area contributed by atoms with Crippen molar-refractivity contribution in [2.45, 2.75) is 50.6 Å². The summed E-state index contributed by atoms with van der Waals surface area (Å²) in [6.07, 6.45) is 1.57. The second kappa shape index (κ2) is 6.07. The molecule has 0 amide bonds. The molecule has 1 saturated heterocycles. The van der Waals surface area contributed by atoms with Crippen LogP contribution in [0.1, 0.15) is 49.9 Å². The molecular weight excluding hydrogens is 363 g/mol. The first-order valence-electron chi connectivity index (χ1n) is 9.15. The fourth-order valence-corrected chi connectivity index (χ4v) is 4.54. The molecule has 0 aromatic carbocycles. The number of likely N-dealkylation sites (tertiary alicyclic amines) is 1. The molecular formula is C18H22F3N3O3. The molecule has 1 aromatic heterocycles. The fraction of sp³-hybridized carbons (Fsp3) is 0.667. The molecule has 0 bridgehead atoms. The molecule has 3 aliphatic rings. The van der Waals surface area contributed by atoms with Crippen molar-refractivity contribution in [3.05, 3.63) is 37.9 Å². The van der Waals surface area contributed by atoms with Crippen molar-refractivity contribution in [1.29, 1.82) is 0 Å². The molecule has 1 saturated carbocycles. The Morgan fingerprint density at radius 3 is 2.52 bits per heavy atom. The molecule has 2 fully saturated rings. The Hall–Kier alpha value is -1.87. The number of rotatable bonds is 3. The van der Waals surface area contributed by atoms with Gasteiger partial charge in [-0.05, 0) is 25.3 Å². The number of alkyl halides is 2. The highest BCUT2D eigenvalue weighted by molar-refractivity contribution is 5.71. The Morgan fingerprint density at radius 1 is 1.30 bits per heavy atom. The highest BCUT2D eigenvalue weighted by atomic mass is 19.3. The van der Waals surface area contributed by atoms with E-state index in [1.54, 1.807) is 6.92 Å². The van der Waals surface area contributed by atoms with Crippen molar-refractivity contribution in [3.63, 3.8) is 0 Å². The second-order valence-corrected chi connectivity index (χ2v) is 7.90. The summed E-state index contributed by atoms with van der Waals surface area (Å²) in [6, 6.07) is -1.04. The van der Waals surface area contributed by atoms with Crippen LogP contribution in [0.3, 0.4) is 0 Å². The van der Waals surface area contributed by atoms with Crippen LogP contribution in [0.5, 0.6) is 0 Å². The first-order chi connectivity index (χ1) is 12.7. The number of nitrogens with zero attached hydrogens (tertiary/aromatic N) is 2. The lowest BCUT2D eigenvalue weighted by Gasteiger charge is -2.37. The van der Waals surface area contributed by atoms with E-state index in [0.717, 1.165) is 12.8 Å². The van der Waals surface area contributed by atoms with E-state index in [1.807, 2.05) is 0 Å². The second-order valence-electron chi connectivity index (χ2n) is 7.90. The van der Waals surface area contributed by atoms with Crippen molar-refractivity contribution in [2.24, 2.45) is 5.92 Å². The predicted octanol–water partition coefficient (Wildman–Crippen LogP) is 1.62. The fourth-order valence-electron chi connectivity index (χ4n) is 4.54. The smallest absolute Gasteiger partial charge is 0.328 e. The number of allylic oxidation sites excluding steroid dienone is 1. The Kier molecular flexibility index (Phi) is 4.15. The first-order valence-corrected chi connectivity index (χ1v) is 9.15. The maximum Gasteiger partial charge on any atom is 0.328 e. The van der Waals surface area contributed by atoms with Gasteiger partial charge in [0, 0.05) is 24.2 Å². The Balaban J connectivity index is 1.85. The number of nitrogens with one attached hydrogen (secondary N) is 1. The molecule has 2 N–H and O–H groups in total. The third-order valence-electron chi connectivity index (χ3n) is 6.07. The van der Waals surface area contributed by atoms with Crippen LogP contribution in [0.2, 0.25) is 0 Å². The van der Waals surface area contributed by atoms with E-state index >= 15 is 4.39 Å². The largest absolute Gasteiger partial charge is 0.396 e. The van der Waals surface area contributed by atoms with Crippen LogP contribution in [0.4, 0.5) is 13.2 Å². The summed E-state index contributed by atoms with van der Waals surface area (Å²) < 4.78 is 45.0. The minimum Gasteiger partial charge on any atom is -0.396 e.